The maximum atomic E-state index is 5.61. The lowest BCUT2D eigenvalue weighted by Gasteiger charge is -2.20. The first-order valence-electron chi connectivity index (χ1n) is 5.70. The summed E-state index contributed by atoms with van der Waals surface area (Å²) >= 11 is 0. The summed E-state index contributed by atoms with van der Waals surface area (Å²) in [4.78, 5) is 0. The summed E-state index contributed by atoms with van der Waals surface area (Å²) < 4.78 is 10.8. The Hall–Kier alpha value is -0.120. The molecule has 1 N–H and O–H groups in total. The van der Waals surface area contributed by atoms with Crippen LogP contribution in [0.2, 0.25) is 0 Å². The molecule has 0 aromatic heterocycles. The molecule has 2 atom stereocenters. The summed E-state index contributed by atoms with van der Waals surface area (Å²) in [5.41, 5.74) is 0. The van der Waals surface area contributed by atoms with E-state index in [1.54, 1.807) is 7.11 Å². The van der Waals surface area contributed by atoms with Gasteiger partial charge in [-0.25, -0.2) is 0 Å². The lowest BCUT2D eigenvalue weighted by Crippen LogP contribution is -2.36. The smallest absolute Gasteiger partial charge is 0.0616 e. The van der Waals surface area contributed by atoms with Crippen molar-refractivity contribution in [2.45, 2.75) is 44.8 Å². The van der Waals surface area contributed by atoms with E-state index >= 15 is 0 Å². The highest BCUT2D eigenvalue weighted by atomic mass is 16.5. The van der Waals surface area contributed by atoms with E-state index < -0.39 is 0 Å². The Bertz CT molecular complexity index is 135. The van der Waals surface area contributed by atoms with E-state index in [9.17, 15) is 0 Å². The molecule has 2 unspecified atom stereocenters. The van der Waals surface area contributed by atoms with Crippen LogP contribution in [0.4, 0.5) is 0 Å². The fourth-order valence-corrected chi connectivity index (χ4v) is 1.91. The third kappa shape index (κ3) is 4.40. The third-order valence-corrected chi connectivity index (χ3v) is 2.62. The van der Waals surface area contributed by atoms with Crippen molar-refractivity contribution in [1.82, 2.24) is 5.32 Å². The zero-order valence-corrected chi connectivity index (χ0v) is 9.42. The Morgan fingerprint density at radius 2 is 2.43 bits per heavy atom. The van der Waals surface area contributed by atoms with Gasteiger partial charge in [-0.1, -0.05) is 6.92 Å². The number of nitrogens with one attached hydrogen (secondary N) is 1. The van der Waals surface area contributed by atoms with Gasteiger partial charge in [0.05, 0.1) is 12.7 Å². The zero-order valence-electron chi connectivity index (χ0n) is 9.42. The van der Waals surface area contributed by atoms with E-state index in [1.165, 1.54) is 19.3 Å². The normalized spacial score (nSPS) is 24.0. The van der Waals surface area contributed by atoms with Crippen molar-refractivity contribution in [2.75, 3.05) is 26.9 Å². The van der Waals surface area contributed by atoms with Crippen molar-refractivity contribution in [3.8, 4) is 0 Å². The molecule has 3 nitrogen and oxygen atoms in total. The topological polar surface area (TPSA) is 30.5 Å². The van der Waals surface area contributed by atoms with Crippen molar-refractivity contribution in [3.05, 3.63) is 0 Å². The second kappa shape index (κ2) is 7.21. The van der Waals surface area contributed by atoms with E-state index in [2.05, 4.69) is 12.2 Å². The van der Waals surface area contributed by atoms with Crippen LogP contribution in [0.1, 0.15) is 32.6 Å². The standard InChI is InChI=1S/C11H23NO2/c1-3-6-12-10(9-13-2)8-11-5-4-7-14-11/h10-12H,3-9H2,1-2H3. The molecular weight excluding hydrogens is 178 g/mol. The minimum Gasteiger partial charge on any atom is -0.383 e. The molecule has 0 amide bonds. The monoisotopic (exact) mass is 201 g/mol. The summed E-state index contributed by atoms with van der Waals surface area (Å²) in [5.74, 6) is 0. The van der Waals surface area contributed by atoms with Gasteiger partial charge in [0, 0.05) is 19.8 Å². The maximum Gasteiger partial charge on any atom is 0.0616 e. The van der Waals surface area contributed by atoms with Gasteiger partial charge in [-0.05, 0) is 32.2 Å². The Labute approximate surface area is 87.2 Å². The van der Waals surface area contributed by atoms with E-state index in [0.29, 0.717) is 12.1 Å². The third-order valence-electron chi connectivity index (χ3n) is 2.62. The molecule has 1 fully saturated rings. The van der Waals surface area contributed by atoms with Gasteiger partial charge in [-0.15, -0.1) is 0 Å². The van der Waals surface area contributed by atoms with Gasteiger partial charge in [0.2, 0.25) is 0 Å². The van der Waals surface area contributed by atoms with E-state index in [1.807, 2.05) is 0 Å². The highest BCUT2D eigenvalue weighted by Gasteiger charge is 2.20. The van der Waals surface area contributed by atoms with Crippen LogP contribution in [0, 0.1) is 0 Å². The number of methoxy groups -OCH3 is 1. The SMILES string of the molecule is CCCNC(COC)CC1CCCO1. The quantitative estimate of drug-likeness (QED) is 0.678. The lowest BCUT2D eigenvalue weighted by molar-refractivity contribution is 0.0771. The van der Waals surface area contributed by atoms with Crippen LogP contribution in [-0.2, 0) is 9.47 Å². The van der Waals surface area contributed by atoms with Crippen LogP contribution in [-0.4, -0.2) is 39.0 Å². The molecule has 84 valence electrons. The molecule has 0 bridgehead atoms. The largest absolute Gasteiger partial charge is 0.383 e. The molecule has 0 aromatic carbocycles. The Morgan fingerprint density at radius 1 is 1.57 bits per heavy atom. The van der Waals surface area contributed by atoms with Gasteiger partial charge in [0.15, 0.2) is 0 Å². The van der Waals surface area contributed by atoms with Crippen molar-refractivity contribution >= 4 is 0 Å². The number of ether oxygens (including phenoxy) is 2. The molecule has 0 aliphatic carbocycles. The Kier molecular flexibility index (Phi) is 6.15. The van der Waals surface area contributed by atoms with E-state index in [0.717, 1.165) is 26.2 Å². The first-order chi connectivity index (χ1) is 6.86. The summed E-state index contributed by atoms with van der Waals surface area (Å²) in [5, 5.41) is 3.49. The average Bonchev–Trinajstić information content (AvgIpc) is 2.67. The molecule has 0 saturated carbocycles. The Morgan fingerprint density at radius 3 is 3.00 bits per heavy atom. The summed E-state index contributed by atoms with van der Waals surface area (Å²) in [7, 11) is 1.76. The minimum absolute atomic E-state index is 0.458. The molecule has 0 aromatic rings. The van der Waals surface area contributed by atoms with Crippen LogP contribution in [0.5, 0.6) is 0 Å². The predicted octanol–water partition coefficient (Wildman–Crippen LogP) is 1.57. The van der Waals surface area contributed by atoms with Gasteiger partial charge in [0.25, 0.3) is 0 Å². The van der Waals surface area contributed by atoms with Crippen LogP contribution < -0.4 is 5.32 Å². The van der Waals surface area contributed by atoms with Crippen molar-refractivity contribution < 1.29 is 9.47 Å². The van der Waals surface area contributed by atoms with Gasteiger partial charge in [-0.3, -0.25) is 0 Å². The number of rotatable bonds is 7. The average molecular weight is 201 g/mol. The first-order valence-corrected chi connectivity index (χ1v) is 5.70. The van der Waals surface area contributed by atoms with Crippen molar-refractivity contribution in [3.63, 3.8) is 0 Å². The van der Waals surface area contributed by atoms with Crippen LogP contribution in [0.3, 0.4) is 0 Å². The predicted molar refractivity (Wildman–Crippen MR) is 57.5 cm³/mol. The van der Waals surface area contributed by atoms with Crippen LogP contribution in [0.25, 0.3) is 0 Å². The first kappa shape index (κ1) is 12.0. The van der Waals surface area contributed by atoms with Gasteiger partial charge in [-0.2, -0.15) is 0 Å². The summed E-state index contributed by atoms with van der Waals surface area (Å²) in [6, 6.07) is 0.461. The molecular formula is C11H23NO2. The fourth-order valence-electron chi connectivity index (χ4n) is 1.91. The van der Waals surface area contributed by atoms with Gasteiger partial charge in [0.1, 0.15) is 0 Å². The second-order valence-corrected chi connectivity index (χ2v) is 3.98. The zero-order chi connectivity index (χ0) is 10.2. The maximum absolute atomic E-state index is 5.61. The van der Waals surface area contributed by atoms with Crippen LogP contribution in [0.15, 0.2) is 0 Å². The molecule has 1 heterocycles. The van der Waals surface area contributed by atoms with Crippen molar-refractivity contribution in [1.29, 1.82) is 0 Å². The highest BCUT2D eigenvalue weighted by Crippen LogP contribution is 2.17. The summed E-state index contributed by atoms with van der Waals surface area (Å²) in [6.45, 7) is 4.99. The second-order valence-electron chi connectivity index (χ2n) is 3.98. The molecule has 1 aliphatic rings. The molecule has 1 rings (SSSR count). The van der Waals surface area contributed by atoms with Gasteiger partial charge < -0.3 is 14.8 Å². The number of hydrogen-bond acceptors (Lipinski definition) is 3. The molecule has 3 heteroatoms. The fraction of sp³-hybridized carbons (Fsp3) is 1.00. The summed E-state index contributed by atoms with van der Waals surface area (Å²) in [6.07, 6.45) is 5.16. The van der Waals surface area contributed by atoms with Gasteiger partial charge >= 0.3 is 0 Å². The van der Waals surface area contributed by atoms with Crippen molar-refractivity contribution in [2.24, 2.45) is 0 Å². The molecule has 1 saturated heterocycles. The molecule has 1 aliphatic heterocycles. The van der Waals surface area contributed by atoms with Crippen LogP contribution >= 0.6 is 0 Å². The minimum atomic E-state index is 0.458. The van der Waals surface area contributed by atoms with E-state index in [4.69, 9.17) is 9.47 Å². The molecule has 0 spiro atoms. The molecule has 14 heavy (non-hydrogen) atoms. The number of hydrogen-bond donors (Lipinski definition) is 1. The molecule has 0 radical (unpaired) electrons. The van der Waals surface area contributed by atoms with E-state index in [-0.39, 0.29) is 0 Å². The lowest BCUT2D eigenvalue weighted by atomic mass is 10.1. The Balaban J connectivity index is 2.18. The highest BCUT2D eigenvalue weighted by molar-refractivity contribution is 4.74.